The van der Waals surface area contributed by atoms with Gasteiger partial charge in [-0.25, -0.2) is 0 Å². The minimum absolute atomic E-state index is 0. The largest absolute Gasteiger partial charge is 0.492 e. The molecule has 0 aliphatic carbocycles. The van der Waals surface area contributed by atoms with Gasteiger partial charge in [-0.05, 0) is 23.3 Å². The van der Waals surface area contributed by atoms with Crippen molar-refractivity contribution in [2.24, 2.45) is 0 Å². The van der Waals surface area contributed by atoms with Gasteiger partial charge in [0.1, 0.15) is 12.4 Å². The fourth-order valence-corrected chi connectivity index (χ4v) is 2.86. The maximum atomic E-state index is 9.56. The lowest BCUT2D eigenvalue weighted by atomic mass is 10.1. The molecule has 0 amide bonds. The summed E-state index contributed by atoms with van der Waals surface area (Å²) in [5, 5.41) is 37.0. The van der Waals surface area contributed by atoms with Crippen LogP contribution in [0, 0.1) is 0 Å². The molecule has 25 heavy (non-hydrogen) atoms. The lowest BCUT2D eigenvalue weighted by Crippen LogP contribution is -2.42. The number of halogens is 1. The second kappa shape index (κ2) is 13.9. The topological polar surface area (TPSA) is 93.4 Å². The number of rotatable bonds is 12. The standard InChI is InChI=1S/C16H27NO5S2.ClH/c18-8-14(20)6-17(7-15(21)9-19)3-4-22-16-2-1-12(10-23)13(5-16)11-24;/h1-2,5,14-15,18-21,23-24H,3-4,6-11H2;1H. The highest BCUT2D eigenvalue weighted by molar-refractivity contribution is 7.79. The zero-order valence-electron chi connectivity index (χ0n) is 14.0. The van der Waals surface area contributed by atoms with E-state index in [9.17, 15) is 10.2 Å². The van der Waals surface area contributed by atoms with Crippen molar-refractivity contribution in [1.29, 1.82) is 0 Å². The average Bonchev–Trinajstić information content (AvgIpc) is 2.60. The highest BCUT2D eigenvalue weighted by Gasteiger charge is 2.15. The van der Waals surface area contributed by atoms with Gasteiger partial charge in [0.2, 0.25) is 0 Å². The lowest BCUT2D eigenvalue weighted by molar-refractivity contribution is 0.0193. The fourth-order valence-electron chi connectivity index (χ4n) is 2.25. The van der Waals surface area contributed by atoms with Crippen LogP contribution in [0.15, 0.2) is 18.2 Å². The SMILES string of the molecule is Cl.OCC(O)CN(CCOc1ccc(CS)c(CS)c1)CC(O)CO. The molecule has 6 nitrogen and oxygen atoms in total. The molecule has 0 saturated carbocycles. The molecular formula is C16H28ClNO5S2. The molecule has 0 aliphatic rings. The molecule has 4 N–H and O–H groups in total. The third-order valence-electron chi connectivity index (χ3n) is 3.55. The highest BCUT2D eigenvalue weighted by Crippen LogP contribution is 2.21. The van der Waals surface area contributed by atoms with Gasteiger partial charge in [-0.3, -0.25) is 4.90 Å². The predicted octanol–water partition coefficient (Wildman–Crippen LogP) is 0.355. The summed E-state index contributed by atoms with van der Waals surface area (Å²) in [5.74, 6) is 1.96. The number of benzene rings is 1. The minimum atomic E-state index is -0.902. The number of aliphatic hydroxyl groups excluding tert-OH is 4. The Morgan fingerprint density at radius 2 is 1.52 bits per heavy atom. The minimum Gasteiger partial charge on any atom is -0.492 e. The van der Waals surface area contributed by atoms with Crippen molar-refractivity contribution >= 4 is 37.7 Å². The Hall–Kier alpha value is -0.190. The van der Waals surface area contributed by atoms with E-state index in [1.54, 1.807) is 4.90 Å². The van der Waals surface area contributed by atoms with Crippen LogP contribution in [0.25, 0.3) is 0 Å². The first-order valence-electron chi connectivity index (χ1n) is 7.80. The second-order valence-corrected chi connectivity index (χ2v) is 6.16. The Balaban J connectivity index is 0.00000576. The molecule has 1 aromatic carbocycles. The van der Waals surface area contributed by atoms with E-state index >= 15 is 0 Å². The number of nitrogens with zero attached hydrogens (tertiary/aromatic N) is 1. The van der Waals surface area contributed by atoms with Gasteiger partial charge in [0.15, 0.2) is 0 Å². The molecule has 0 bridgehead atoms. The Morgan fingerprint density at radius 1 is 0.960 bits per heavy atom. The predicted molar refractivity (Wildman–Crippen MR) is 107 cm³/mol. The summed E-state index contributed by atoms with van der Waals surface area (Å²) in [5.41, 5.74) is 2.17. The molecule has 1 rings (SSSR count). The van der Waals surface area contributed by atoms with Crippen LogP contribution in [-0.4, -0.2) is 77.0 Å². The van der Waals surface area contributed by atoms with Crippen LogP contribution < -0.4 is 4.74 Å². The monoisotopic (exact) mass is 413 g/mol. The molecule has 0 radical (unpaired) electrons. The van der Waals surface area contributed by atoms with E-state index in [0.29, 0.717) is 24.7 Å². The highest BCUT2D eigenvalue weighted by atomic mass is 35.5. The van der Waals surface area contributed by atoms with Crippen molar-refractivity contribution in [2.75, 3.05) is 39.5 Å². The number of hydrogen-bond acceptors (Lipinski definition) is 8. The van der Waals surface area contributed by atoms with Crippen LogP contribution >= 0.6 is 37.7 Å². The molecule has 0 aliphatic heterocycles. The van der Waals surface area contributed by atoms with Crippen molar-refractivity contribution in [1.82, 2.24) is 4.90 Å². The molecule has 2 unspecified atom stereocenters. The Morgan fingerprint density at radius 3 is 2.00 bits per heavy atom. The molecule has 2 atom stereocenters. The van der Waals surface area contributed by atoms with Crippen LogP contribution in [0.4, 0.5) is 0 Å². The van der Waals surface area contributed by atoms with E-state index < -0.39 is 12.2 Å². The second-order valence-electron chi connectivity index (χ2n) is 5.53. The van der Waals surface area contributed by atoms with Crippen molar-refractivity contribution < 1.29 is 25.2 Å². The van der Waals surface area contributed by atoms with E-state index in [-0.39, 0.29) is 38.7 Å². The molecule has 0 aromatic heterocycles. The van der Waals surface area contributed by atoms with Crippen LogP contribution in [-0.2, 0) is 11.5 Å². The molecule has 146 valence electrons. The molecule has 0 spiro atoms. The van der Waals surface area contributed by atoms with E-state index in [2.05, 4.69) is 25.3 Å². The van der Waals surface area contributed by atoms with Crippen molar-refractivity contribution in [3.63, 3.8) is 0 Å². The molecular weight excluding hydrogens is 386 g/mol. The molecule has 0 saturated heterocycles. The van der Waals surface area contributed by atoms with Gasteiger partial charge in [-0.1, -0.05) is 6.07 Å². The van der Waals surface area contributed by atoms with E-state index in [1.165, 1.54) is 0 Å². The van der Waals surface area contributed by atoms with Gasteiger partial charge < -0.3 is 25.2 Å². The van der Waals surface area contributed by atoms with Crippen LogP contribution in [0.3, 0.4) is 0 Å². The van der Waals surface area contributed by atoms with Gasteiger partial charge in [-0.2, -0.15) is 25.3 Å². The lowest BCUT2D eigenvalue weighted by Gasteiger charge is -2.26. The first kappa shape index (κ1) is 24.8. The summed E-state index contributed by atoms with van der Waals surface area (Å²) in [6.45, 7) is 0.460. The molecule has 1 aromatic rings. The summed E-state index contributed by atoms with van der Waals surface area (Å²) in [7, 11) is 0. The zero-order chi connectivity index (χ0) is 17.9. The number of hydrogen-bond donors (Lipinski definition) is 6. The Kier molecular flexibility index (Phi) is 13.8. The molecule has 0 heterocycles. The summed E-state index contributed by atoms with van der Waals surface area (Å²) in [4.78, 5) is 1.74. The molecule has 0 fully saturated rings. The summed E-state index contributed by atoms with van der Waals surface area (Å²) in [6.07, 6.45) is -1.80. The Bertz CT molecular complexity index is 472. The third-order valence-corrected chi connectivity index (χ3v) is 4.24. The summed E-state index contributed by atoms with van der Waals surface area (Å²) < 4.78 is 5.72. The maximum Gasteiger partial charge on any atom is 0.119 e. The smallest absolute Gasteiger partial charge is 0.119 e. The number of aliphatic hydroxyl groups is 4. The number of ether oxygens (including phenoxy) is 1. The van der Waals surface area contributed by atoms with Gasteiger partial charge in [0.25, 0.3) is 0 Å². The van der Waals surface area contributed by atoms with Gasteiger partial charge in [0.05, 0.1) is 25.4 Å². The van der Waals surface area contributed by atoms with Crippen molar-refractivity contribution in [3.05, 3.63) is 29.3 Å². The zero-order valence-corrected chi connectivity index (χ0v) is 16.6. The maximum absolute atomic E-state index is 9.56. The Labute approximate surface area is 166 Å². The molecule has 9 heteroatoms. The normalized spacial score (nSPS) is 13.4. The van der Waals surface area contributed by atoms with Crippen molar-refractivity contribution in [2.45, 2.75) is 23.7 Å². The summed E-state index contributed by atoms with van der Waals surface area (Å²) in [6, 6.07) is 5.75. The third kappa shape index (κ3) is 9.35. The van der Waals surface area contributed by atoms with E-state index in [4.69, 9.17) is 14.9 Å². The van der Waals surface area contributed by atoms with Gasteiger partial charge in [-0.15, -0.1) is 12.4 Å². The first-order valence-corrected chi connectivity index (χ1v) is 9.07. The van der Waals surface area contributed by atoms with Gasteiger partial charge in [0, 0.05) is 31.1 Å². The fraction of sp³-hybridized carbons (Fsp3) is 0.625. The van der Waals surface area contributed by atoms with E-state index in [0.717, 1.165) is 16.9 Å². The van der Waals surface area contributed by atoms with E-state index in [1.807, 2.05) is 18.2 Å². The van der Waals surface area contributed by atoms with Crippen LogP contribution in [0.1, 0.15) is 11.1 Å². The van der Waals surface area contributed by atoms with Gasteiger partial charge >= 0.3 is 0 Å². The number of thiol groups is 2. The summed E-state index contributed by atoms with van der Waals surface area (Å²) >= 11 is 8.58. The average molecular weight is 414 g/mol. The van der Waals surface area contributed by atoms with Crippen LogP contribution in [0.2, 0.25) is 0 Å². The first-order chi connectivity index (χ1) is 11.5. The quantitative estimate of drug-likeness (QED) is 0.277. The van der Waals surface area contributed by atoms with Crippen LogP contribution in [0.5, 0.6) is 5.75 Å². The van der Waals surface area contributed by atoms with Crippen molar-refractivity contribution in [3.8, 4) is 5.75 Å².